The first-order valence-electron chi connectivity index (χ1n) is 6.41. The molecule has 0 aliphatic carbocycles. The van der Waals surface area contributed by atoms with Crippen LogP contribution in [0.2, 0.25) is 0 Å². The zero-order valence-electron chi connectivity index (χ0n) is 11.7. The number of aromatic carboxylic acids is 2. The molecule has 0 spiro atoms. The molecule has 0 radical (unpaired) electrons. The van der Waals surface area contributed by atoms with Crippen molar-refractivity contribution in [3.05, 3.63) is 47.5 Å². The second kappa shape index (κ2) is 7.94. The second-order valence-electron chi connectivity index (χ2n) is 4.56. The highest BCUT2D eigenvalue weighted by molar-refractivity contribution is 6.01. The lowest BCUT2D eigenvalue weighted by atomic mass is 10.1. The monoisotopic (exact) mass is 308 g/mol. The fraction of sp³-hybridized carbons (Fsp3) is 0.267. The summed E-state index contributed by atoms with van der Waals surface area (Å²) in [5.74, 6) is -3.36. The third-order valence-corrected chi connectivity index (χ3v) is 2.86. The van der Waals surface area contributed by atoms with Crippen LogP contribution in [-0.2, 0) is 9.53 Å². The number of carbonyl (C=O) groups is 3. The molecule has 1 atom stereocenters. The van der Waals surface area contributed by atoms with Gasteiger partial charge in [-0.15, -0.1) is 0 Å². The number of hydrogen-bond donors (Lipinski definition) is 3. The van der Waals surface area contributed by atoms with Crippen molar-refractivity contribution >= 4 is 17.9 Å². The molecule has 1 heterocycles. The van der Waals surface area contributed by atoms with E-state index in [0.717, 1.165) is 13.0 Å². The maximum absolute atomic E-state index is 10.5. The van der Waals surface area contributed by atoms with Gasteiger partial charge in [0, 0.05) is 5.57 Å². The minimum absolute atomic E-state index is 0.190. The number of ether oxygens (including phenoxy) is 1. The van der Waals surface area contributed by atoms with Crippen molar-refractivity contribution in [3.63, 3.8) is 0 Å². The van der Waals surface area contributed by atoms with E-state index in [1.165, 1.54) is 24.3 Å². The number of rotatable bonds is 6. The zero-order valence-corrected chi connectivity index (χ0v) is 11.7. The van der Waals surface area contributed by atoms with E-state index < -0.39 is 17.9 Å². The molecule has 22 heavy (non-hydrogen) atoms. The summed E-state index contributed by atoms with van der Waals surface area (Å²) in [6, 6.07) is 5.48. The fourth-order valence-corrected chi connectivity index (χ4v) is 1.53. The summed E-state index contributed by atoms with van der Waals surface area (Å²) >= 11 is 0. The number of epoxide rings is 1. The SMILES string of the molecule is C=C(CCC1CO1)C(=O)O.O=C(O)c1ccccc1C(=O)O. The molecule has 1 aromatic rings. The van der Waals surface area contributed by atoms with Crippen LogP contribution in [0.3, 0.4) is 0 Å². The average molecular weight is 308 g/mol. The Morgan fingerprint density at radius 1 is 1.09 bits per heavy atom. The third-order valence-electron chi connectivity index (χ3n) is 2.86. The van der Waals surface area contributed by atoms with Crippen LogP contribution >= 0.6 is 0 Å². The van der Waals surface area contributed by atoms with Gasteiger partial charge in [0.05, 0.1) is 23.8 Å². The third kappa shape index (κ3) is 5.76. The van der Waals surface area contributed by atoms with Gasteiger partial charge in [0.2, 0.25) is 0 Å². The highest BCUT2D eigenvalue weighted by Crippen LogP contribution is 2.17. The van der Waals surface area contributed by atoms with E-state index in [1.807, 2.05) is 0 Å². The van der Waals surface area contributed by atoms with Crippen LogP contribution in [0.4, 0.5) is 0 Å². The number of aliphatic carboxylic acids is 1. The van der Waals surface area contributed by atoms with Gasteiger partial charge in [-0.1, -0.05) is 18.7 Å². The quantitative estimate of drug-likeness (QED) is 0.541. The number of hydrogen-bond acceptors (Lipinski definition) is 4. The van der Waals surface area contributed by atoms with Gasteiger partial charge in [0.1, 0.15) is 0 Å². The van der Waals surface area contributed by atoms with E-state index >= 15 is 0 Å². The Kier molecular flexibility index (Phi) is 6.27. The molecule has 1 unspecified atom stereocenters. The van der Waals surface area contributed by atoms with E-state index in [-0.39, 0.29) is 16.7 Å². The van der Waals surface area contributed by atoms with Gasteiger partial charge in [0.25, 0.3) is 0 Å². The van der Waals surface area contributed by atoms with E-state index in [4.69, 9.17) is 20.1 Å². The molecule has 2 rings (SSSR count). The lowest BCUT2D eigenvalue weighted by molar-refractivity contribution is -0.132. The first kappa shape index (κ1) is 17.4. The maximum Gasteiger partial charge on any atom is 0.336 e. The van der Waals surface area contributed by atoms with Crippen LogP contribution in [0.15, 0.2) is 36.4 Å². The standard InChI is InChI=1S/C8H6O4.C7H10O3/c9-7(10)5-3-1-2-4-6(5)8(11)12;1-5(7(8)9)2-3-6-4-10-6/h1-4H,(H,9,10)(H,11,12);6H,1-4H2,(H,8,9). The van der Waals surface area contributed by atoms with Crippen LogP contribution in [0.1, 0.15) is 33.6 Å². The summed E-state index contributed by atoms with van der Waals surface area (Å²) in [7, 11) is 0. The number of carboxylic acids is 3. The Bertz CT molecular complexity index is 554. The molecule has 0 amide bonds. The van der Waals surface area contributed by atoms with Crippen molar-refractivity contribution in [2.45, 2.75) is 18.9 Å². The van der Waals surface area contributed by atoms with Crippen molar-refractivity contribution in [3.8, 4) is 0 Å². The summed E-state index contributed by atoms with van der Waals surface area (Å²) in [5.41, 5.74) is -0.106. The first-order chi connectivity index (χ1) is 10.3. The highest BCUT2D eigenvalue weighted by atomic mass is 16.6. The Labute approximate surface area is 126 Å². The predicted octanol–water partition coefficient (Wildman–Crippen LogP) is 1.89. The summed E-state index contributed by atoms with van der Waals surface area (Å²) < 4.78 is 4.90. The van der Waals surface area contributed by atoms with Crippen molar-refractivity contribution in [1.29, 1.82) is 0 Å². The molecule has 1 fully saturated rings. The molecule has 0 bridgehead atoms. The average Bonchev–Trinajstić information content (AvgIpc) is 3.29. The largest absolute Gasteiger partial charge is 0.478 e. The highest BCUT2D eigenvalue weighted by Gasteiger charge is 2.22. The molecule has 1 aliphatic rings. The molecule has 3 N–H and O–H groups in total. The molecule has 0 saturated carbocycles. The molecule has 1 aliphatic heterocycles. The topological polar surface area (TPSA) is 124 Å². The van der Waals surface area contributed by atoms with Gasteiger partial charge in [-0.2, -0.15) is 0 Å². The Morgan fingerprint density at radius 2 is 1.55 bits per heavy atom. The Hall–Kier alpha value is -2.67. The van der Waals surface area contributed by atoms with Crippen LogP contribution in [0, 0.1) is 0 Å². The van der Waals surface area contributed by atoms with E-state index in [2.05, 4.69) is 6.58 Å². The van der Waals surface area contributed by atoms with Crippen LogP contribution < -0.4 is 0 Å². The minimum atomic E-state index is -1.23. The molecule has 7 nitrogen and oxygen atoms in total. The van der Waals surface area contributed by atoms with Crippen molar-refractivity contribution in [2.24, 2.45) is 0 Å². The van der Waals surface area contributed by atoms with Gasteiger partial charge < -0.3 is 20.1 Å². The first-order valence-corrected chi connectivity index (χ1v) is 6.41. The smallest absolute Gasteiger partial charge is 0.336 e. The summed E-state index contributed by atoms with van der Waals surface area (Å²) in [6.07, 6.45) is 1.64. The predicted molar refractivity (Wildman–Crippen MR) is 76.1 cm³/mol. The fourth-order valence-electron chi connectivity index (χ4n) is 1.53. The summed E-state index contributed by atoms with van der Waals surface area (Å²) in [4.78, 5) is 31.1. The maximum atomic E-state index is 10.5. The summed E-state index contributed by atoms with van der Waals surface area (Å²) in [5, 5.41) is 25.5. The number of benzene rings is 1. The van der Waals surface area contributed by atoms with Crippen LogP contribution in [0.25, 0.3) is 0 Å². The van der Waals surface area contributed by atoms with Crippen LogP contribution in [0.5, 0.6) is 0 Å². The van der Waals surface area contributed by atoms with E-state index in [1.54, 1.807) is 0 Å². The van der Waals surface area contributed by atoms with Gasteiger partial charge >= 0.3 is 17.9 Å². The molecule has 1 saturated heterocycles. The Morgan fingerprint density at radius 3 is 1.86 bits per heavy atom. The van der Waals surface area contributed by atoms with E-state index in [0.29, 0.717) is 12.5 Å². The number of carboxylic acid groups (broad SMARTS) is 3. The van der Waals surface area contributed by atoms with Crippen molar-refractivity contribution < 1.29 is 34.4 Å². The molecular weight excluding hydrogens is 292 g/mol. The van der Waals surface area contributed by atoms with Gasteiger partial charge in [-0.05, 0) is 25.0 Å². The lowest BCUT2D eigenvalue weighted by Gasteiger charge is -1.98. The molecular formula is C15H16O7. The second-order valence-corrected chi connectivity index (χ2v) is 4.56. The molecule has 7 heteroatoms. The molecule has 118 valence electrons. The normalized spacial score (nSPS) is 15.2. The van der Waals surface area contributed by atoms with E-state index in [9.17, 15) is 14.4 Å². The van der Waals surface area contributed by atoms with Crippen LogP contribution in [-0.4, -0.2) is 45.9 Å². The Balaban J connectivity index is 0.000000224. The van der Waals surface area contributed by atoms with Gasteiger partial charge in [-0.3, -0.25) is 0 Å². The van der Waals surface area contributed by atoms with Crippen molar-refractivity contribution in [2.75, 3.05) is 6.61 Å². The molecule has 1 aromatic carbocycles. The van der Waals surface area contributed by atoms with Crippen molar-refractivity contribution in [1.82, 2.24) is 0 Å². The summed E-state index contributed by atoms with van der Waals surface area (Å²) in [6.45, 7) is 4.18. The van der Waals surface area contributed by atoms with Gasteiger partial charge in [0.15, 0.2) is 0 Å². The minimum Gasteiger partial charge on any atom is -0.478 e. The lowest BCUT2D eigenvalue weighted by Crippen LogP contribution is -2.06. The zero-order chi connectivity index (χ0) is 16.7. The molecule has 0 aromatic heterocycles. The van der Waals surface area contributed by atoms with Gasteiger partial charge in [-0.25, -0.2) is 14.4 Å².